The van der Waals surface area contributed by atoms with Crippen molar-refractivity contribution in [2.24, 2.45) is 5.84 Å². The van der Waals surface area contributed by atoms with Gasteiger partial charge in [0.25, 0.3) is 0 Å². The van der Waals surface area contributed by atoms with Crippen LogP contribution in [0.15, 0.2) is 34.8 Å². The molecule has 1 aromatic heterocycles. The van der Waals surface area contributed by atoms with Crippen molar-refractivity contribution in [1.82, 2.24) is 9.97 Å². The van der Waals surface area contributed by atoms with Gasteiger partial charge in [0.05, 0.1) is 0 Å². The Morgan fingerprint density at radius 1 is 1.30 bits per heavy atom. The molecule has 0 amide bonds. The summed E-state index contributed by atoms with van der Waals surface area (Å²) in [6.45, 7) is 0.451. The Bertz CT molecular complexity index is 616. The van der Waals surface area contributed by atoms with Crippen molar-refractivity contribution in [1.29, 1.82) is 0 Å². The van der Waals surface area contributed by atoms with Gasteiger partial charge in [0.2, 0.25) is 5.88 Å². The van der Waals surface area contributed by atoms with E-state index in [1.807, 2.05) is 24.3 Å². The van der Waals surface area contributed by atoms with E-state index in [2.05, 4.69) is 31.3 Å². The molecule has 5 nitrogen and oxygen atoms in total. The molecule has 1 saturated carbocycles. The first-order chi connectivity index (χ1) is 9.76. The van der Waals surface area contributed by atoms with Crippen LogP contribution in [0.4, 0.5) is 5.82 Å². The van der Waals surface area contributed by atoms with Gasteiger partial charge in [0.15, 0.2) is 0 Å². The van der Waals surface area contributed by atoms with Gasteiger partial charge in [-0.1, -0.05) is 34.1 Å². The quantitative estimate of drug-likeness (QED) is 0.649. The van der Waals surface area contributed by atoms with Crippen molar-refractivity contribution in [3.63, 3.8) is 0 Å². The summed E-state index contributed by atoms with van der Waals surface area (Å²) >= 11 is 3.50. The normalized spacial score (nSPS) is 14.1. The maximum Gasteiger partial charge on any atom is 0.219 e. The lowest BCUT2D eigenvalue weighted by Crippen LogP contribution is -2.11. The van der Waals surface area contributed by atoms with Crippen LogP contribution < -0.4 is 16.0 Å². The van der Waals surface area contributed by atoms with Crippen LogP contribution in [0.2, 0.25) is 0 Å². The summed E-state index contributed by atoms with van der Waals surface area (Å²) in [6.07, 6.45) is 2.27. The second-order valence-corrected chi connectivity index (χ2v) is 5.60. The van der Waals surface area contributed by atoms with Crippen molar-refractivity contribution in [2.75, 3.05) is 5.43 Å². The number of hydrogen-bond acceptors (Lipinski definition) is 5. The molecule has 20 heavy (non-hydrogen) atoms. The molecule has 2 aromatic rings. The molecule has 1 heterocycles. The van der Waals surface area contributed by atoms with Gasteiger partial charge in [0, 0.05) is 22.0 Å². The first-order valence-electron chi connectivity index (χ1n) is 6.48. The first kappa shape index (κ1) is 13.3. The number of ether oxygens (including phenoxy) is 1. The summed E-state index contributed by atoms with van der Waals surface area (Å²) < 4.78 is 6.78. The van der Waals surface area contributed by atoms with Crippen LogP contribution in [0.5, 0.6) is 5.88 Å². The van der Waals surface area contributed by atoms with Gasteiger partial charge in [0.1, 0.15) is 18.2 Å². The zero-order chi connectivity index (χ0) is 13.9. The maximum absolute atomic E-state index is 5.76. The highest BCUT2D eigenvalue weighted by Gasteiger charge is 2.27. The van der Waals surface area contributed by atoms with Crippen LogP contribution in [0.3, 0.4) is 0 Å². The van der Waals surface area contributed by atoms with Crippen LogP contribution in [0.25, 0.3) is 0 Å². The molecule has 1 aromatic carbocycles. The molecule has 0 bridgehead atoms. The average Bonchev–Trinajstić information content (AvgIpc) is 3.31. The van der Waals surface area contributed by atoms with E-state index >= 15 is 0 Å². The smallest absolute Gasteiger partial charge is 0.219 e. The Labute approximate surface area is 125 Å². The molecular weight excluding hydrogens is 320 g/mol. The Balaban J connectivity index is 1.76. The Hall–Kier alpha value is -1.66. The Kier molecular flexibility index (Phi) is 3.84. The van der Waals surface area contributed by atoms with Crippen LogP contribution in [-0.2, 0) is 6.61 Å². The highest BCUT2D eigenvalue weighted by Crippen LogP contribution is 2.39. The van der Waals surface area contributed by atoms with Gasteiger partial charge in [-0.05, 0) is 18.9 Å². The fraction of sp³-hybridized carbons (Fsp3) is 0.286. The number of hydrogen-bond donors (Lipinski definition) is 2. The van der Waals surface area contributed by atoms with E-state index in [4.69, 9.17) is 10.6 Å². The molecule has 0 spiro atoms. The largest absolute Gasteiger partial charge is 0.473 e. The van der Waals surface area contributed by atoms with Gasteiger partial charge >= 0.3 is 0 Å². The van der Waals surface area contributed by atoms with Gasteiger partial charge in [-0.25, -0.2) is 10.8 Å². The van der Waals surface area contributed by atoms with E-state index in [1.165, 1.54) is 0 Å². The first-order valence-corrected chi connectivity index (χ1v) is 7.27. The zero-order valence-corrected chi connectivity index (χ0v) is 12.4. The highest BCUT2D eigenvalue weighted by molar-refractivity contribution is 9.10. The zero-order valence-electron chi connectivity index (χ0n) is 10.8. The molecule has 0 atom stereocenters. The molecule has 0 aliphatic heterocycles. The van der Waals surface area contributed by atoms with E-state index in [9.17, 15) is 0 Å². The number of rotatable bonds is 5. The summed E-state index contributed by atoms with van der Waals surface area (Å²) in [4.78, 5) is 8.79. The third-order valence-electron chi connectivity index (χ3n) is 3.14. The molecule has 6 heteroatoms. The van der Waals surface area contributed by atoms with Gasteiger partial charge in [-0.15, -0.1) is 0 Å². The standard InChI is InChI=1S/C14H15BrN4O/c15-11-4-2-1-3-10(11)8-20-13-7-12(19-16)17-14(18-13)9-5-6-9/h1-4,7,9H,5-6,8,16H2,(H,17,18,19). The molecule has 3 N–H and O–H groups in total. The van der Waals surface area contributed by atoms with E-state index in [0.29, 0.717) is 24.2 Å². The summed E-state index contributed by atoms with van der Waals surface area (Å²) in [5.74, 6) is 7.83. The fourth-order valence-electron chi connectivity index (χ4n) is 1.88. The lowest BCUT2D eigenvalue weighted by atomic mass is 10.2. The molecule has 0 unspecified atom stereocenters. The number of aromatic nitrogens is 2. The predicted molar refractivity (Wildman–Crippen MR) is 80.3 cm³/mol. The molecule has 0 saturated heterocycles. The number of nitrogens with zero attached hydrogens (tertiary/aromatic N) is 2. The Morgan fingerprint density at radius 2 is 2.10 bits per heavy atom. The average molecular weight is 335 g/mol. The topological polar surface area (TPSA) is 73.1 Å². The molecule has 1 aliphatic rings. The number of nitrogens with two attached hydrogens (primary N) is 1. The Morgan fingerprint density at radius 3 is 2.80 bits per heavy atom. The highest BCUT2D eigenvalue weighted by atomic mass is 79.9. The summed E-state index contributed by atoms with van der Waals surface area (Å²) in [6, 6.07) is 9.66. The number of halogens is 1. The van der Waals surface area contributed by atoms with Crippen molar-refractivity contribution < 1.29 is 4.74 Å². The van der Waals surface area contributed by atoms with Gasteiger partial charge in [-0.3, -0.25) is 0 Å². The second-order valence-electron chi connectivity index (χ2n) is 4.75. The monoisotopic (exact) mass is 334 g/mol. The molecule has 104 valence electrons. The summed E-state index contributed by atoms with van der Waals surface area (Å²) in [5, 5.41) is 0. The van der Waals surface area contributed by atoms with Crippen molar-refractivity contribution in [2.45, 2.75) is 25.4 Å². The SMILES string of the molecule is NNc1cc(OCc2ccccc2Br)nc(C2CC2)n1. The van der Waals surface area contributed by atoms with Crippen LogP contribution in [-0.4, -0.2) is 9.97 Å². The van der Waals surface area contributed by atoms with E-state index < -0.39 is 0 Å². The molecular formula is C14H15BrN4O. The minimum Gasteiger partial charge on any atom is -0.473 e. The molecule has 0 radical (unpaired) electrons. The van der Waals surface area contributed by atoms with E-state index in [-0.39, 0.29) is 0 Å². The van der Waals surface area contributed by atoms with Gasteiger partial charge in [-0.2, -0.15) is 4.98 Å². The fourth-order valence-corrected chi connectivity index (χ4v) is 2.28. The predicted octanol–water partition coefficient (Wildman–Crippen LogP) is 2.98. The third-order valence-corrected chi connectivity index (χ3v) is 3.92. The third kappa shape index (κ3) is 3.08. The molecule has 1 fully saturated rings. The number of nitrogens with one attached hydrogen (secondary N) is 1. The number of hydrazine groups is 1. The van der Waals surface area contributed by atoms with Crippen molar-refractivity contribution in [3.8, 4) is 5.88 Å². The van der Waals surface area contributed by atoms with Crippen LogP contribution >= 0.6 is 15.9 Å². The molecule has 1 aliphatic carbocycles. The van der Waals surface area contributed by atoms with Crippen molar-refractivity contribution in [3.05, 3.63) is 46.2 Å². The minimum absolute atomic E-state index is 0.451. The molecule has 3 rings (SSSR count). The minimum atomic E-state index is 0.451. The van der Waals surface area contributed by atoms with Crippen molar-refractivity contribution >= 4 is 21.7 Å². The second kappa shape index (κ2) is 5.76. The summed E-state index contributed by atoms with van der Waals surface area (Å²) in [7, 11) is 0. The van der Waals surface area contributed by atoms with Crippen LogP contribution in [0.1, 0.15) is 30.1 Å². The lowest BCUT2D eigenvalue weighted by Gasteiger charge is -2.09. The number of benzene rings is 1. The maximum atomic E-state index is 5.76. The number of nitrogen functional groups attached to an aromatic ring is 1. The van der Waals surface area contributed by atoms with E-state index in [1.54, 1.807) is 6.07 Å². The van der Waals surface area contributed by atoms with E-state index in [0.717, 1.165) is 28.7 Å². The lowest BCUT2D eigenvalue weighted by molar-refractivity contribution is 0.291. The summed E-state index contributed by atoms with van der Waals surface area (Å²) in [5.41, 5.74) is 3.63. The van der Waals surface area contributed by atoms with Gasteiger partial charge < -0.3 is 10.2 Å². The number of anilines is 1. The van der Waals surface area contributed by atoms with Crippen LogP contribution in [0, 0.1) is 0 Å².